The maximum atomic E-state index is 12.2. The third-order valence-corrected chi connectivity index (χ3v) is 4.89. The Morgan fingerprint density at radius 1 is 1.03 bits per heavy atom. The zero-order valence-corrected chi connectivity index (χ0v) is 17.1. The molecule has 4 rings (SSSR count). The van der Waals surface area contributed by atoms with E-state index < -0.39 is 0 Å². The van der Waals surface area contributed by atoms with Crippen molar-refractivity contribution in [3.63, 3.8) is 0 Å². The highest BCUT2D eigenvalue weighted by molar-refractivity contribution is 6.35. The summed E-state index contributed by atoms with van der Waals surface area (Å²) in [6.45, 7) is 0.500. The number of carbonyl (C=O) groups excluding carboxylic acids is 1. The van der Waals surface area contributed by atoms with Crippen LogP contribution < -0.4 is 19.6 Å². The molecule has 0 radical (unpaired) electrons. The van der Waals surface area contributed by atoms with Crippen molar-refractivity contribution in [1.29, 1.82) is 0 Å². The third-order valence-electron chi connectivity index (χ3n) is 4.30. The van der Waals surface area contributed by atoms with Gasteiger partial charge in [0.1, 0.15) is 12.4 Å². The van der Waals surface area contributed by atoms with Gasteiger partial charge in [-0.2, -0.15) is 5.10 Å². The lowest BCUT2D eigenvalue weighted by atomic mass is 10.2. The number of rotatable bonds is 6. The highest BCUT2D eigenvalue weighted by Crippen LogP contribution is 2.32. The van der Waals surface area contributed by atoms with E-state index in [4.69, 9.17) is 37.4 Å². The molecule has 152 valence electrons. The predicted octanol–water partition coefficient (Wildman–Crippen LogP) is 5.07. The number of nitrogens with zero attached hydrogens (tertiary/aromatic N) is 1. The molecule has 0 aromatic heterocycles. The number of hydrogen-bond acceptors (Lipinski definition) is 5. The minimum absolute atomic E-state index is 0.207. The number of nitrogens with one attached hydrogen (secondary N) is 1. The molecule has 0 bridgehead atoms. The number of carbonyl (C=O) groups is 1. The second kappa shape index (κ2) is 9.07. The van der Waals surface area contributed by atoms with Crippen molar-refractivity contribution in [2.75, 3.05) is 6.79 Å². The van der Waals surface area contributed by atoms with E-state index in [1.54, 1.807) is 48.5 Å². The van der Waals surface area contributed by atoms with Gasteiger partial charge in [-0.25, -0.2) is 5.43 Å². The van der Waals surface area contributed by atoms with Crippen LogP contribution in [0.2, 0.25) is 10.0 Å². The van der Waals surface area contributed by atoms with Gasteiger partial charge in [-0.3, -0.25) is 4.79 Å². The van der Waals surface area contributed by atoms with E-state index in [-0.39, 0.29) is 12.7 Å². The molecular weight excluding hydrogens is 427 g/mol. The van der Waals surface area contributed by atoms with E-state index >= 15 is 0 Å². The number of hydrazone groups is 1. The van der Waals surface area contributed by atoms with Gasteiger partial charge in [0.2, 0.25) is 6.79 Å². The minimum Gasteiger partial charge on any atom is -0.489 e. The summed E-state index contributed by atoms with van der Waals surface area (Å²) < 4.78 is 16.3. The van der Waals surface area contributed by atoms with Crippen molar-refractivity contribution in [3.8, 4) is 17.2 Å². The molecule has 1 aliphatic rings. The summed E-state index contributed by atoms with van der Waals surface area (Å²) in [4.78, 5) is 12.2. The highest BCUT2D eigenvalue weighted by atomic mass is 35.5. The third kappa shape index (κ3) is 4.84. The first-order valence-corrected chi connectivity index (χ1v) is 9.74. The summed E-state index contributed by atoms with van der Waals surface area (Å²) in [5, 5.41) is 5.09. The zero-order chi connectivity index (χ0) is 20.9. The Labute approximate surface area is 183 Å². The van der Waals surface area contributed by atoms with Crippen molar-refractivity contribution in [1.82, 2.24) is 5.43 Å². The van der Waals surface area contributed by atoms with Crippen LogP contribution in [0.3, 0.4) is 0 Å². The number of fused-ring (bicyclic) bond motifs is 1. The SMILES string of the molecule is O=C(N/N=C\c1ccc2c(c1)OCO2)c1ccc(OCc2ccc(Cl)cc2Cl)cc1. The summed E-state index contributed by atoms with van der Waals surface area (Å²) in [5.41, 5.74) is 4.55. The van der Waals surface area contributed by atoms with Gasteiger partial charge in [-0.1, -0.05) is 29.3 Å². The predicted molar refractivity (Wildman–Crippen MR) is 115 cm³/mol. The van der Waals surface area contributed by atoms with Crippen LogP contribution in [-0.2, 0) is 6.61 Å². The largest absolute Gasteiger partial charge is 0.489 e. The van der Waals surface area contributed by atoms with E-state index in [1.165, 1.54) is 6.21 Å². The summed E-state index contributed by atoms with van der Waals surface area (Å²) in [6.07, 6.45) is 1.53. The van der Waals surface area contributed by atoms with Crippen LogP contribution in [-0.4, -0.2) is 18.9 Å². The van der Waals surface area contributed by atoms with Crippen LogP contribution >= 0.6 is 23.2 Å². The number of ether oxygens (including phenoxy) is 3. The highest BCUT2D eigenvalue weighted by Gasteiger charge is 2.12. The van der Waals surface area contributed by atoms with Crippen LogP contribution in [0, 0.1) is 0 Å². The first-order chi connectivity index (χ1) is 14.6. The number of halogens is 2. The fraction of sp³-hybridized carbons (Fsp3) is 0.0909. The molecule has 0 fully saturated rings. The summed E-state index contributed by atoms with van der Waals surface area (Å²) >= 11 is 12.0. The fourth-order valence-electron chi connectivity index (χ4n) is 2.73. The van der Waals surface area contributed by atoms with Gasteiger partial charge in [-0.05, 0) is 60.2 Å². The van der Waals surface area contributed by atoms with Crippen molar-refractivity contribution in [2.24, 2.45) is 5.10 Å². The van der Waals surface area contributed by atoms with E-state index in [9.17, 15) is 4.79 Å². The molecule has 1 aliphatic heterocycles. The van der Waals surface area contributed by atoms with Crippen molar-refractivity contribution in [3.05, 3.63) is 87.4 Å². The van der Waals surface area contributed by atoms with E-state index in [2.05, 4.69) is 10.5 Å². The monoisotopic (exact) mass is 442 g/mol. The van der Waals surface area contributed by atoms with Gasteiger partial charge in [0.05, 0.1) is 6.21 Å². The maximum absolute atomic E-state index is 12.2. The lowest BCUT2D eigenvalue weighted by Crippen LogP contribution is -2.17. The Kier molecular flexibility index (Phi) is 6.07. The molecule has 1 heterocycles. The molecule has 30 heavy (non-hydrogen) atoms. The zero-order valence-electron chi connectivity index (χ0n) is 15.6. The maximum Gasteiger partial charge on any atom is 0.271 e. The minimum atomic E-state index is -0.334. The lowest BCUT2D eigenvalue weighted by molar-refractivity contribution is 0.0955. The first-order valence-electron chi connectivity index (χ1n) is 8.98. The van der Waals surface area contributed by atoms with Crippen molar-refractivity contribution < 1.29 is 19.0 Å². The van der Waals surface area contributed by atoms with E-state index in [1.807, 2.05) is 12.1 Å². The molecule has 0 unspecified atom stereocenters. The molecule has 0 saturated heterocycles. The second-order valence-electron chi connectivity index (χ2n) is 6.36. The first kappa shape index (κ1) is 20.1. The molecule has 0 aliphatic carbocycles. The number of hydrogen-bond donors (Lipinski definition) is 1. The van der Waals surface area contributed by atoms with Gasteiger partial charge in [-0.15, -0.1) is 0 Å². The molecule has 6 nitrogen and oxygen atoms in total. The Morgan fingerprint density at radius 3 is 2.63 bits per heavy atom. The molecule has 1 amide bonds. The summed E-state index contributed by atoms with van der Waals surface area (Å²) in [6, 6.07) is 17.4. The van der Waals surface area contributed by atoms with Crippen LogP contribution in [0.15, 0.2) is 65.8 Å². The Hall–Kier alpha value is -3.22. The molecule has 8 heteroatoms. The van der Waals surface area contributed by atoms with Gasteiger partial charge in [0.25, 0.3) is 5.91 Å². The average Bonchev–Trinajstić information content (AvgIpc) is 3.21. The lowest BCUT2D eigenvalue weighted by Gasteiger charge is -2.08. The smallest absolute Gasteiger partial charge is 0.271 e. The van der Waals surface area contributed by atoms with Gasteiger partial charge >= 0.3 is 0 Å². The fourth-order valence-corrected chi connectivity index (χ4v) is 3.19. The Balaban J connectivity index is 1.31. The number of benzene rings is 3. The van der Waals surface area contributed by atoms with E-state index in [0.29, 0.717) is 39.5 Å². The van der Waals surface area contributed by atoms with Crippen LogP contribution in [0.1, 0.15) is 21.5 Å². The van der Waals surface area contributed by atoms with Gasteiger partial charge < -0.3 is 14.2 Å². The molecule has 1 N–H and O–H groups in total. The molecule has 0 spiro atoms. The standard InChI is InChI=1S/C22H16Cl2N2O4/c23-17-5-2-16(19(24)10-17)12-28-18-6-3-15(4-7-18)22(27)26-25-11-14-1-8-20-21(9-14)30-13-29-20/h1-11H,12-13H2,(H,26,27)/b25-11-. The molecule has 0 saturated carbocycles. The second-order valence-corrected chi connectivity index (χ2v) is 7.20. The molecular formula is C22H16Cl2N2O4. The van der Waals surface area contributed by atoms with Crippen LogP contribution in [0.5, 0.6) is 17.2 Å². The normalized spacial score (nSPS) is 12.2. The topological polar surface area (TPSA) is 69.2 Å². The summed E-state index contributed by atoms with van der Waals surface area (Å²) in [7, 11) is 0. The molecule has 0 atom stereocenters. The van der Waals surface area contributed by atoms with Crippen molar-refractivity contribution in [2.45, 2.75) is 6.61 Å². The molecule has 3 aromatic rings. The quantitative estimate of drug-likeness (QED) is 0.427. The average molecular weight is 443 g/mol. The number of amides is 1. The van der Waals surface area contributed by atoms with Crippen LogP contribution in [0.25, 0.3) is 0 Å². The summed E-state index contributed by atoms with van der Waals surface area (Å²) in [5.74, 6) is 1.62. The van der Waals surface area contributed by atoms with Crippen molar-refractivity contribution >= 4 is 35.3 Å². The van der Waals surface area contributed by atoms with Crippen LogP contribution in [0.4, 0.5) is 0 Å². The Morgan fingerprint density at radius 2 is 1.83 bits per heavy atom. The van der Waals surface area contributed by atoms with Gasteiger partial charge in [0, 0.05) is 21.2 Å². The van der Waals surface area contributed by atoms with Gasteiger partial charge in [0.15, 0.2) is 11.5 Å². The molecule has 3 aromatic carbocycles. The Bertz CT molecular complexity index is 1100. The van der Waals surface area contributed by atoms with E-state index in [0.717, 1.165) is 11.1 Å².